The second-order valence-electron chi connectivity index (χ2n) is 6.08. The molecule has 19 heavy (non-hydrogen) atoms. The molecule has 1 rings (SSSR count). The number of halogens is 1. The predicted molar refractivity (Wildman–Crippen MR) is 84.0 cm³/mol. The first-order valence-corrected chi connectivity index (χ1v) is 7.41. The highest BCUT2D eigenvalue weighted by Gasteiger charge is 2.14. The van der Waals surface area contributed by atoms with E-state index >= 15 is 0 Å². The van der Waals surface area contributed by atoms with Crippen molar-refractivity contribution in [2.75, 3.05) is 18.0 Å². The molecule has 108 valence electrons. The Hall–Kier alpha value is -0.730. The van der Waals surface area contributed by atoms with E-state index in [1.54, 1.807) is 6.92 Å². The lowest BCUT2D eigenvalue weighted by atomic mass is 10.1. The SMILES string of the molecule is CC(C)CN(CC(C)C)c1ccc([C@H](C)O)cc1Cl. The van der Waals surface area contributed by atoms with Gasteiger partial charge in [-0.2, -0.15) is 0 Å². The fraction of sp³-hybridized carbons (Fsp3) is 0.625. The Bertz CT molecular complexity index is 392. The maximum atomic E-state index is 9.60. The highest BCUT2D eigenvalue weighted by molar-refractivity contribution is 6.33. The topological polar surface area (TPSA) is 23.5 Å². The zero-order valence-corrected chi connectivity index (χ0v) is 13.4. The van der Waals surface area contributed by atoms with Crippen LogP contribution in [0.1, 0.15) is 46.3 Å². The van der Waals surface area contributed by atoms with Crippen LogP contribution in [0.15, 0.2) is 18.2 Å². The van der Waals surface area contributed by atoms with Gasteiger partial charge in [-0.3, -0.25) is 0 Å². The molecule has 0 spiro atoms. The maximum absolute atomic E-state index is 9.60. The molecule has 0 fully saturated rings. The minimum absolute atomic E-state index is 0.477. The van der Waals surface area contributed by atoms with Crippen LogP contribution in [0.2, 0.25) is 5.02 Å². The van der Waals surface area contributed by atoms with Gasteiger partial charge in [0.25, 0.3) is 0 Å². The Morgan fingerprint density at radius 2 is 1.58 bits per heavy atom. The molecule has 0 aliphatic rings. The summed E-state index contributed by atoms with van der Waals surface area (Å²) in [6, 6.07) is 5.85. The van der Waals surface area contributed by atoms with Crippen molar-refractivity contribution in [2.45, 2.75) is 40.7 Å². The van der Waals surface area contributed by atoms with E-state index in [-0.39, 0.29) is 0 Å². The largest absolute Gasteiger partial charge is 0.389 e. The molecule has 0 aromatic heterocycles. The first-order valence-electron chi connectivity index (χ1n) is 7.03. The average molecular weight is 284 g/mol. The summed E-state index contributed by atoms with van der Waals surface area (Å²) in [5.74, 6) is 1.18. The smallest absolute Gasteiger partial charge is 0.0762 e. The lowest BCUT2D eigenvalue weighted by molar-refractivity contribution is 0.199. The first kappa shape index (κ1) is 16.3. The molecule has 1 N–H and O–H groups in total. The van der Waals surface area contributed by atoms with Gasteiger partial charge >= 0.3 is 0 Å². The Morgan fingerprint density at radius 3 is 1.95 bits per heavy atom. The number of rotatable bonds is 6. The molecule has 0 unspecified atom stereocenters. The third-order valence-electron chi connectivity index (χ3n) is 2.97. The van der Waals surface area contributed by atoms with Gasteiger partial charge in [0.1, 0.15) is 0 Å². The summed E-state index contributed by atoms with van der Waals surface area (Å²) < 4.78 is 0. The van der Waals surface area contributed by atoms with E-state index in [1.165, 1.54) is 0 Å². The molecule has 2 nitrogen and oxygen atoms in total. The predicted octanol–water partition coefficient (Wildman–Crippen LogP) is 4.51. The molecule has 0 bridgehead atoms. The van der Waals surface area contributed by atoms with E-state index in [1.807, 2.05) is 18.2 Å². The molecule has 0 heterocycles. The second kappa shape index (κ2) is 7.16. The first-order chi connectivity index (χ1) is 8.81. The van der Waals surface area contributed by atoms with Crippen molar-refractivity contribution in [2.24, 2.45) is 11.8 Å². The molecule has 0 amide bonds. The maximum Gasteiger partial charge on any atom is 0.0762 e. The average Bonchev–Trinajstić information content (AvgIpc) is 2.26. The molecule has 1 atom stereocenters. The van der Waals surface area contributed by atoms with Crippen LogP contribution in [0, 0.1) is 11.8 Å². The number of hydrogen-bond acceptors (Lipinski definition) is 2. The monoisotopic (exact) mass is 283 g/mol. The molecular formula is C16H26ClNO. The van der Waals surface area contributed by atoms with Crippen LogP contribution in [0.3, 0.4) is 0 Å². The van der Waals surface area contributed by atoms with Crippen molar-refractivity contribution in [3.05, 3.63) is 28.8 Å². The fourth-order valence-corrected chi connectivity index (χ4v) is 2.50. The van der Waals surface area contributed by atoms with E-state index in [0.29, 0.717) is 11.8 Å². The standard InChI is InChI=1S/C16H26ClNO/c1-11(2)9-18(10-12(3)4)16-7-6-14(13(5)19)8-15(16)17/h6-8,11-13,19H,9-10H2,1-5H3/t13-/m0/s1. The van der Waals surface area contributed by atoms with Gasteiger partial charge in [-0.1, -0.05) is 45.4 Å². The van der Waals surface area contributed by atoms with Gasteiger partial charge in [0, 0.05) is 13.1 Å². The Morgan fingerprint density at radius 1 is 1.05 bits per heavy atom. The van der Waals surface area contributed by atoms with Gasteiger partial charge in [-0.25, -0.2) is 0 Å². The Kier molecular flexibility index (Phi) is 6.15. The van der Waals surface area contributed by atoms with Crippen LogP contribution in [-0.2, 0) is 0 Å². The van der Waals surface area contributed by atoms with Gasteiger partial charge in [0.05, 0.1) is 16.8 Å². The van der Waals surface area contributed by atoms with Crippen molar-refractivity contribution in [1.82, 2.24) is 0 Å². The lowest BCUT2D eigenvalue weighted by Gasteiger charge is -2.29. The minimum atomic E-state index is -0.477. The zero-order chi connectivity index (χ0) is 14.6. The molecule has 0 aliphatic heterocycles. The van der Waals surface area contributed by atoms with Crippen LogP contribution in [0.4, 0.5) is 5.69 Å². The third kappa shape index (κ3) is 5.04. The van der Waals surface area contributed by atoms with Crippen LogP contribution in [-0.4, -0.2) is 18.2 Å². The number of aliphatic hydroxyl groups excluding tert-OH is 1. The minimum Gasteiger partial charge on any atom is -0.389 e. The molecular weight excluding hydrogens is 258 g/mol. The summed E-state index contributed by atoms with van der Waals surface area (Å²) in [4.78, 5) is 2.34. The molecule has 0 saturated carbocycles. The van der Waals surface area contributed by atoms with Crippen LogP contribution in [0.5, 0.6) is 0 Å². The van der Waals surface area contributed by atoms with Gasteiger partial charge in [-0.05, 0) is 36.5 Å². The van der Waals surface area contributed by atoms with E-state index in [9.17, 15) is 5.11 Å². The molecule has 3 heteroatoms. The van der Waals surface area contributed by atoms with Crippen LogP contribution in [0.25, 0.3) is 0 Å². The summed E-state index contributed by atoms with van der Waals surface area (Å²) in [6.07, 6.45) is -0.477. The number of hydrogen-bond donors (Lipinski definition) is 1. The number of aliphatic hydroxyl groups is 1. The summed E-state index contributed by atoms with van der Waals surface area (Å²) in [7, 11) is 0. The van der Waals surface area contributed by atoms with Crippen molar-refractivity contribution in [3.8, 4) is 0 Å². The van der Waals surface area contributed by atoms with Gasteiger partial charge in [-0.15, -0.1) is 0 Å². The quantitative estimate of drug-likeness (QED) is 0.830. The summed E-state index contributed by atoms with van der Waals surface area (Å²) >= 11 is 6.38. The third-order valence-corrected chi connectivity index (χ3v) is 3.27. The van der Waals surface area contributed by atoms with Crippen molar-refractivity contribution in [3.63, 3.8) is 0 Å². The van der Waals surface area contributed by atoms with Gasteiger partial charge in [0.2, 0.25) is 0 Å². The fourth-order valence-electron chi connectivity index (χ4n) is 2.19. The van der Waals surface area contributed by atoms with Crippen molar-refractivity contribution >= 4 is 17.3 Å². The van der Waals surface area contributed by atoms with Gasteiger partial charge in [0.15, 0.2) is 0 Å². The van der Waals surface area contributed by atoms with Crippen molar-refractivity contribution < 1.29 is 5.11 Å². The second-order valence-corrected chi connectivity index (χ2v) is 6.49. The lowest BCUT2D eigenvalue weighted by Crippen LogP contribution is -2.31. The van der Waals surface area contributed by atoms with Crippen LogP contribution >= 0.6 is 11.6 Å². The summed E-state index contributed by atoms with van der Waals surface area (Å²) in [6.45, 7) is 12.6. The highest BCUT2D eigenvalue weighted by atomic mass is 35.5. The van der Waals surface area contributed by atoms with Crippen LogP contribution < -0.4 is 4.90 Å². The molecule has 0 saturated heterocycles. The number of nitrogens with zero attached hydrogens (tertiary/aromatic N) is 1. The van der Waals surface area contributed by atoms with Gasteiger partial charge < -0.3 is 10.0 Å². The van der Waals surface area contributed by atoms with E-state index in [0.717, 1.165) is 29.4 Å². The number of benzene rings is 1. The Balaban J connectivity index is 3.01. The van der Waals surface area contributed by atoms with E-state index < -0.39 is 6.10 Å². The zero-order valence-electron chi connectivity index (χ0n) is 12.7. The summed E-state index contributed by atoms with van der Waals surface area (Å²) in [5.41, 5.74) is 1.93. The Labute approximate surface area is 122 Å². The molecule has 1 aromatic rings. The number of anilines is 1. The normalized spacial score (nSPS) is 13.1. The molecule has 1 aromatic carbocycles. The van der Waals surface area contributed by atoms with Crippen molar-refractivity contribution in [1.29, 1.82) is 0 Å². The molecule has 0 aliphatic carbocycles. The highest BCUT2D eigenvalue weighted by Crippen LogP contribution is 2.30. The summed E-state index contributed by atoms with van der Waals surface area (Å²) in [5, 5.41) is 10.3. The molecule has 0 radical (unpaired) electrons. The van der Waals surface area contributed by atoms with E-state index in [2.05, 4.69) is 32.6 Å². The van der Waals surface area contributed by atoms with E-state index in [4.69, 9.17) is 11.6 Å².